The molecule has 0 aliphatic heterocycles. The van der Waals surface area contributed by atoms with E-state index in [-0.39, 0.29) is 0 Å². The second-order valence-electron chi connectivity index (χ2n) is 1.81. The van der Waals surface area contributed by atoms with Crippen molar-refractivity contribution >= 4 is 5.78 Å². The van der Waals surface area contributed by atoms with Gasteiger partial charge in [0, 0.05) is 5.57 Å². The molecule has 0 saturated carbocycles. The van der Waals surface area contributed by atoms with Gasteiger partial charge in [0.25, 0.3) is 0 Å². The summed E-state index contributed by atoms with van der Waals surface area (Å²) in [6, 6.07) is 0. The van der Waals surface area contributed by atoms with Crippen LogP contribution in [0.2, 0.25) is 0 Å². The molecule has 1 N–H and O–H groups in total. The van der Waals surface area contributed by atoms with Gasteiger partial charge in [-0.15, -0.1) is 0 Å². The third-order valence-electron chi connectivity index (χ3n) is 0.915. The molecule has 3 nitrogen and oxygen atoms in total. The van der Waals surface area contributed by atoms with E-state index in [2.05, 4.69) is 11.3 Å². The summed E-state index contributed by atoms with van der Waals surface area (Å²) in [5.74, 6) is -0.965. The third-order valence-corrected chi connectivity index (χ3v) is 0.915. The molecule has 10 heavy (non-hydrogen) atoms. The number of rotatable bonds is 3. The number of hydrogen-bond acceptors (Lipinski definition) is 3. The smallest absolute Gasteiger partial charge is 0.225 e. The first-order chi connectivity index (χ1) is 4.59. The molecule has 0 aromatic carbocycles. The number of ketones is 1. The SMILES string of the molecule is C=C(O)C(=O)/C(C)=C\OC. The number of aliphatic hydroxyl groups is 1. The highest BCUT2D eigenvalue weighted by molar-refractivity contribution is 6.05. The van der Waals surface area contributed by atoms with Gasteiger partial charge in [0.2, 0.25) is 5.78 Å². The van der Waals surface area contributed by atoms with E-state index in [1.54, 1.807) is 0 Å². The Morgan fingerprint density at radius 1 is 1.70 bits per heavy atom. The van der Waals surface area contributed by atoms with E-state index in [1.807, 2.05) is 0 Å². The van der Waals surface area contributed by atoms with Crippen molar-refractivity contribution in [1.82, 2.24) is 0 Å². The summed E-state index contributed by atoms with van der Waals surface area (Å²) in [5.41, 5.74) is 0.329. The number of methoxy groups -OCH3 is 1. The van der Waals surface area contributed by atoms with Crippen LogP contribution in [0.25, 0.3) is 0 Å². The first kappa shape index (κ1) is 8.75. The van der Waals surface area contributed by atoms with E-state index in [4.69, 9.17) is 5.11 Å². The Balaban J connectivity index is 4.22. The molecule has 0 radical (unpaired) electrons. The number of allylic oxidation sites excluding steroid dienone is 1. The van der Waals surface area contributed by atoms with Crippen molar-refractivity contribution in [3.63, 3.8) is 0 Å². The van der Waals surface area contributed by atoms with E-state index in [1.165, 1.54) is 20.3 Å². The Bertz CT molecular complexity index is 179. The molecule has 0 aromatic rings. The van der Waals surface area contributed by atoms with Crippen molar-refractivity contribution in [3.05, 3.63) is 24.2 Å². The number of ether oxygens (including phenoxy) is 1. The fraction of sp³-hybridized carbons (Fsp3) is 0.286. The van der Waals surface area contributed by atoms with Crippen molar-refractivity contribution in [1.29, 1.82) is 0 Å². The molecule has 0 aromatic heterocycles. The maximum Gasteiger partial charge on any atom is 0.225 e. The fourth-order valence-corrected chi connectivity index (χ4v) is 0.458. The van der Waals surface area contributed by atoms with Gasteiger partial charge in [-0.25, -0.2) is 0 Å². The van der Waals surface area contributed by atoms with Gasteiger partial charge in [-0.1, -0.05) is 6.58 Å². The van der Waals surface area contributed by atoms with Gasteiger partial charge in [0.05, 0.1) is 13.4 Å². The highest BCUT2D eigenvalue weighted by atomic mass is 16.5. The fourth-order valence-electron chi connectivity index (χ4n) is 0.458. The molecule has 56 valence electrons. The first-order valence-electron chi connectivity index (χ1n) is 2.71. The number of carbonyl (C=O) groups is 1. The van der Waals surface area contributed by atoms with Crippen molar-refractivity contribution < 1.29 is 14.6 Å². The summed E-state index contributed by atoms with van der Waals surface area (Å²) in [6.45, 7) is 4.60. The average Bonchev–Trinajstić information content (AvgIpc) is 1.87. The molecule has 0 bridgehead atoms. The predicted molar refractivity (Wildman–Crippen MR) is 37.5 cm³/mol. The van der Waals surface area contributed by atoms with E-state index in [0.717, 1.165) is 0 Å². The Labute approximate surface area is 59.6 Å². The monoisotopic (exact) mass is 142 g/mol. The van der Waals surface area contributed by atoms with Crippen molar-refractivity contribution in [2.75, 3.05) is 7.11 Å². The molecular formula is C7H10O3. The van der Waals surface area contributed by atoms with Crippen LogP contribution >= 0.6 is 0 Å². The molecule has 0 aliphatic carbocycles. The minimum absolute atomic E-state index is 0.329. The topological polar surface area (TPSA) is 46.5 Å². The lowest BCUT2D eigenvalue weighted by atomic mass is 10.2. The Hall–Kier alpha value is -1.25. The summed E-state index contributed by atoms with van der Waals surface area (Å²) >= 11 is 0. The van der Waals surface area contributed by atoms with Gasteiger partial charge in [0.1, 0.15) is 0 Å². The quantitative estimate of drug-likeness (QED) is 0.475. The summed E-state index contributed by atoms with van der Waals surface area (Å²) < 4.78 is 4.54. The van der Waals surface area contributed by atoms with Crippen LogP contribution in [0.15, 0.2) is 24.2 Å². The van der Waals surface area contributed by atoms with Gasteiger partial charge in [-0.2, -0.15) is 0 Å². The van der Waals surface area contributed by atoms with Gasteiger partial charge in [0.15, 0.2) is 5.76 Å². The molecule has 0 fully saturated rings. The zero-order valence-corrected chi connectivity index (χ0v) is 6.05. The van der Waals surface area contributed by atoms with E-state index >= 15 is 0 Å². The van der Waals surface area contributed by atoms with Crippen LogP contribution < -0.4 is 0 Å². The minimum Gasteiger partial charge on any atom is -0.505 e. The van der Waals surface area contributed by atoms with Crippen LogP contribution in [0.4, 0.5) is 0 Å². The molecule has 0 heterocycles. The van der Waals surface area contributed by atoms with Crippen LogP contribution in [0.3, 0.4) is 0 Å². The van der Waals surface area contributed by atoms with E-state index in [0.29, 0.717) is 5.57 Å². The largest absolute Gasteiger partial charge is 0.505 e. The maximum atomic E-state index is 10.7. The molecule has 0 saturated heterocycles. The highest BCUT2D eigenvalue weighted by Gasteiger charge is 2.06. The molecule has 3 heteroatoms. The Kier molecular flexibility index (Phi) is 3.25. The average molecular weight is 142 g/mol. The van der Waals surface area contributed by atoms with Gasteiger partial charge < -0.3 is 9.84 Å². The minimum atomic E-state index is -0.498. The molecular weight excluding hydrogens is 132 g/mol. The maximum absolute atomic E-state index is 10.7. The zero-order valence-electron chi connectivity index (χ0n) is 6.05. The van der Waals surface area contributed by atoms with Gasteiger partial charge in [-0.05, 0) is 6.92 Å². The normalized spacial score (nSPS) is 10.8. The van der Waals surface area contributed by atoms with Gasteiger partial charge >= 0.3 is 0 Å². The van der Waals surface area contributed by atoms with Gasteiger partial charge in [-0.3, -0.25) is 4.79 Å². The van der Waals surface area contributed by atoms with Crippen molar-refractivity contribution in [2.24, 2.45) is 0 Å². The van der Waals surface area contributed by atoms with E-state index < -0.39 is 11.5 Å². The summed E-state index contributed by atoms with van der Waals surface area (Å²) in [5, 5.41) is 8.58. The molecule has 0 unspecified atom stereocenters. The zero-order chi connectivity index (χ0) is 8.15. The van der Waals surface area contributed by atoms with Crippen LogP contribution in [0.5, 0.6) is 0 Å². The second-order valence-corrected chi connectivity index (χ2v) is 1.81. The summed E-state index contributed by atoms with van der Waals surface area (Å²) in [4.78, 5) is 10.7. The lowest BCUT2D eigenvalue weighted by Crippen LogP contribution is -2.01. The number of carbonyl (C=O) groups excluding carboxylic acids is 1. The number of Topliss-reactive ketones (excluding diaryl/α,β-unsaturated/α-hetero) is 1. The standard InChI is InChI=1S/C7H10O3/c1-5(4-10-3)7(9)6(2)8/h4,8H,2H2,1,3H3/b5-4-. The van der Waals surface area contributed by atoms with Crippen molar-refractivity contribution in [3.8, 4) is 0 Å². The molecule has 0 aliphatic rings. The summed E-state index contributed by atoms with van der Waals surface area (Å²) in [7, 11) is 1.43. The van der Waals surface area contributed by atoms with Crippen molar-refractivity contribution in [2.45, 2.75) is 6.92 Å². The molecule has 0 amide bonds. The predicted octanol–water partition coefficient (Wildman–Crippen LogP) is 1.18. The first-order valence-corrected chi connectivity index (χ1v) is 2.71. The number of aliphatic hydroxyl groups excluding tert-OH is 1. The van der Waals surface area contributed by atoms with Crippen LogP contribution in [-0.4, -0.2) is 18.0 Å². The Morgan fingerprint density at radius 3 is 2.50 bits per heavy atom. The molecule has 0 spiro atoms. The number of hydrogen-bond donors (Lipinski definition) is 1. The highest BCUT2D eigenvalue weighted by Crippen LogP contribution is 1.99. The summed E-state index contributed by atoms with van der Waals surface area (Å²) in [6.07, 6.45) is 1.25. The molecule has 0 atom stereocenters. The van der Waals surface area contributed by atoms with E-state index in [9.17, 15) is 4.79 Å². The second kappa shape index (κ2) is 3.71. The lowest BCUT2D eigenvalue weighted by Gasteiger charge is -1.96. The molecule has 0 rings (SSSR count). The lowest BCUT2D eigenvalue weighted by molar-refractivity contribution is -0.114. The Morgan fingerprint density at radius 2 is 2.20 bits per heavy atom. The van der Waals surface area contributed by atoms with Crippen LogP contribution in [0, 0.1) is 0 Å². The van der Waals surface area contributed by atoms with Crippen LogP contribution in [0.1, 0.15) is 6.92 Å². The third kappa shape index (κ3) is 2.35. The van der Waals surface area contributed by atoms with Crippen LogP contribution in [-0.2, 0) is 9.53 Å².